The van der Waals surface area contributed by atoms with E-state index >= 15 is 0 Å². The Balaban J connectivity index is 1.49. The average Bonchev–Trinajstić information content (AvgIpc) is 2.57. The molecule has 0 radical (unpaired) electrons. The minimum Gasteiger partial charge on any atom is -0.487 e. The van der Waals surface area contributed by atoms with Crippen LogP contribution in [0.15, 0.2) is 24.3 Å². The van der Waals surface area contributed by atoms with Gasteiger partial charge in [-0.15, -0.1) is 0 Å². The number of carbonyl (C=O) groups excluding carboxylic acids is 2. The normalized spacial score (nSPS) is 21.6. The van der Waals surface area contributed by atoms with Crippen LogP contribution in [0.1, 0.15) is 32.3 Å². The van der Waals surface area contributed by atoms with Crippen molar-refractivity contribution < 1.29 is 14.3 Å². The van der Waals surface area contributed by atoms with Crippen molar-refractivity contribution in [3.63, 3.8) is 0 Å². The van der Waals surface area contributed by atoms with Gasteiger partial charge in [-0.25, -0.2) is 0 Å². The molecule has 3 rings (SSSR count). The Morgan fingerprint density at radius 1 is 1.25 bits per heavy atom. The molecule has 2 amide bonds. The van der Waals surface area contributed by atoms with Gasteiger partial charge in [0.1, 0.15) is 11.9 Å². The lowest BCUT2D eigenvalue weighted by Gasteiger charge is -2.42. The Bertz CT molecular complexity index is 610. The molecule has 2 saturated heterocycles. The summed E-state index contributed by atoms with van der Waals surface area (Å²) in [6.45, 7) is 6.62. The molecule has 1 atom stereocenters. The van der Waals surface area contributed by atoms with Crippen LogP contribution in [0.4, 0.5) is 0 Å². The first kappa shape index (κ1) is 16.8. The number of hydrogen-bond donors (Lipinski definition) is 0. The van der Waals surface area contributed by atoms with Gasteiger partial charge in [0.2, 0.25) is 11.8 Å². The van der Waals surface area contributed by atoms with Crippen LogP contribution in [0, 0.1) is 5.92 Å². The van der Waals surface area contributed by atoms with Gasteiger partial charge in [0.05, 0.1) is 19.0 Å². The molecule has 2 aliphatic rings. The van der Waals surface area contributed by atoms with Gasteiger partial charge in [-0.3, -0.25) is 9.59 Å². The van der Waals surface area contributed by atoms with Crippen LogP contribution in [0.3, 0.4) is 0 Å². The Morgan fingerprint density at radius 3 is 2.75 bits per heavy atom. The summed E-state index contributed by atoms with van der Waals surface area (Å²) >= 11 is 0. The maximum atomic E-state index is 12.6. The zero-order valence-corrected chi connectivity index (χ0v) is 14.5. The lowest BCUT2D eigenvalue weighted by molar-refractivity contribution is -0.149. The first-order chi connectivity index (χ1) is 11.6. The molecule has 1 aromatic carbocycles. The molecule has 0 saturated carbocycles. The van der Waals surface area contributed by atoms with Gasteiger partial charge in [0.15, 0.2) is 0 Å². The Morgan fingerprint density at radius 2 is 2.04 bits per heavy atom. The maximum Gasteiger partial charge on any atom is 0.227 e. The summed E-state index contributed by atoms with van der Waals surface area (Å²) in [7, 11) is 0. The van der Waals surface area contributed by atoms with Gasteiger partial charge in [0.25, 0.3) is 0 Å². The first-order valence-corrected chi connectivity index (χ1v) is 8.92. The van der Waals surface area contributed by atoms with Crippen molar-refractivity contribution in [1.82, 2.24) is 9.80 Å². The van der Waals surface area contributed by atoms with Crippen molar-refractivity contribution in [2.45, 2.75) is 39.2 Å². The quantitative estimate of drug-likeness (QED) is 0.831. The van der Waals surface area contributed by atoms with Crippen molar-refractivity contribution in [3.8, 4) is 5.75 Å². The molecule has 0 aromatic heterocycles. The van der Waals surface area contributed by atoms with Crippen LogP contribution in [0.5, 0.6) is 5.75 Å². The van der Waals surface area contributed by atoms with E-state index in [1.807, 2.05) is 24.0 Å². The lowest BCUT2D eigenvalue weighted by atomic mass is 9.94. The van der Waals surface area contributed by atoms with E-state index in [4.69, 9.17) is 4.74 Å². The second-order valence-electron chi connectivity index (χ2n) is 6.65. The van der Waals surface area contributed by atoms with E-state index < -0.39 is 0 Å². The summed E-state index contributed by atoms with van der Waals surface area (Å²) < 4.78 is 5.96. The number of amides is 2. The van der Waals surface area contributed by atoms with Gasteiger partial charge >= 0.3 is 0 Å². The zero-order valence-electron chi connectivity index (χ0n) is 14.5. The smallest absolute Gasteiger partial charge is 0.227 e. The van der Waals surface area contributed by atoms with Gasteiger partial charge < -0.3 is 14.5 Å². The summed E-state index contributed by atoms with van der Waals surface area (Å²) in [6.07, 6.45) is 2.23. The van der Waals surface area contributed by atoms with E-state index in [0.717, 1.165) is 12.2 Å². The van der Waals surface area contributed by atoms with E-state index in [1.165, 1.54) is 5.56 Å². The zero-order chi connectivity index (χ0) is 17.1. The van der Waals surface area contributed by atoms with Gasteiger partial charge in [-0.05, 0) is 37.5 Å². The highest BCUT2D eigenvalue weighted by molar-refractivity contribution is 5.84. The molecule has 130 valence electrons. The van der Waals surface area contributed by atoms with E-state index in [-0.39, 0.29) is 23.8 Å². The molecule has 1 aromatic rings. The Kier molecular flexibility index (Phi) is 5.07. The van der Waals surface area contributed by atoms with Crippen LogP contribution in [-0.2, 0) is 16.0 Å². The largest absolute Gasteiger partial charge is 0.487 e. The van der Waals surface area contributed by atoms with E-state index in [2.05, 4.69) is 19.1 Å². The van der Waals surface area contributed by atoms with Crippen LogP contribution in [-0.4, -0.2) is 53.9 Å². The highest BCUT2D eigenvalue weighted by atomic mass is 16.5. The molecule has 0 bridgehead atoms. The molecular formula is C19H26N2O3. The van der Waals surface area contributed by atoms with Crippen molar-refractivity contribution in [3.05, 3.63) is 29.8 Å². The second kappa shape index (κ2) is 7.24. The van der Waals surface area contributed by atoms with Crippen molar-refractivity contribution >= 4 is 11.8 Å². The first-order valence-electron chi connectivity index (χ1n) is 8.92. The third-order valence-electron chi connectivity index (χ3n) is 5.00. The fraction of sp³-hybridized carbons (Fsp3) is 0.579. The summed E-state index contributed by atoms with van der Waals surface area (Å²) in [5.41, 5.74) is 1.26. The summed E-state index contributed by atoms with van der Waals surface area (Å²) in [5, 5.41) is 0. The molecule has 0 aliphatic carbocycles. The van der Waals surface area contributed by atoms with Crippen molar-refractivity contribution in [2.24, 2.45) is 5.92 Å². The summed E-state index contributed by atoms with van der Waals surface area (Å²) in [4.78, 5) is 28.0. The molecule has 2 heterocycles. The summed E-state index contributed by atoms with van der Waals surface area (Å²) in [6, 6.07) is 8.13. The number of carbonyl (C=O) groups is 2. The van der Waals surface area contributed by atoms with Crippen LogP contribution in [0.2, 0.25) is 0 Å². The monoisotopic (exact) mass is 330 g/mol. The number of rotatable bonds is 5. The lowest BCUT2D eigenvalue weighted by Crippen LogP contribution is -2.59. The molecule has 2 fully saturated rings. The standard InChI is InChI=1S/C19H26N2O3/c1-3-14-6-5-7-16(10-14)24-17-12-21(13-17)19(23)15-8-9-18(22)20(4-2)11-15/h5-7,10,15,17H,3-4,8-9,11-13H2,1-2H3/t15-/m0/s1. The number of piperidine rings is 1. The molecule has 0 unspecified atom stereocenters. The van der Waals surface area contributed by atoms with E-state index in [1.54, 1.807) is 4.90 Å². The highest BCUT2D eigenvalue weighted by Crippen LogP contribution is 2.24. The van der Waals surface area contributed by atoms with Crippen LogP contribution < -0.4 is 4.74 Å². The fourth-order valence-electron chi connectivity index (χ4n) is 3.40. The predicted octanol–water partition coefficient (Wildman–Crippen LogP) is 2.10. The number of nitrogens with zero attached hydrogens (tertiary/aromatic N) is 2. The Labute approximate surface area is 143 Å². The van der Waals surface area contributed by atoms with Crippen LogP contribution in [0.25, 0.3) is 0 Å². The molecular weight excluding hydrogens is 304 g/mol. The van der Waals surface area contributed by atoms with Gasteiger partial charge in [-0.1, -0.05) is 19.1 Å². The molecule has 0 spiro atoms. The number of likely N-dealkylation sites (tertiary alicyclic amines) is 2. The minimum atomic E-state index is -0.0491. The topological polar surface area (TPSA) is 49.9 Å². The average molecular weight is 330 g/mol. The van der Waals surface area contributed by atoms with Gasteiger partial charge in [-0.2, -0.15) is 0 Å². The van der Waals surface area contributed by atoms with E-state index in [9.17, 15) is 9.59 Å². The second-order valence-corrected chi connectivity index (χ2v) is 6.65. The van der Waals surface area contributed by atoms with E-state index in [0.29, 0.717) is 39.0 Å². The van der Waals surface area contributed by atoms with Gasteiger partial charge in [0, 0.05) is 19.5 Å². The predicted molar refractivity (Wildman–Crippen MR) is 91.8 cm³/mol. The molecule has 5 heteroatoms. The fourth-order valence-corrected chi connectivity index (χ4v) is 3.40. The third-order valence-corrected chi connectivity index (χ3v) is 5.00. The van der Waals surface area contributed by atoms with Crippen molar-refractivity contribution in [1.29, 1.82) is 0 Å². The summed E-state index contributed by atoms with van der Waals surface area (Å²) in [5.74, 6) is 1.17. The highest BCUT2D eigenvalue weighted by Gasteiger charge is 2.38. The molecule has 24 heavy (non-hydrogen) atoms. The SMILES string of the molecule is CCc1cccc(OC2CN(C(=O)[C@H]3CCC(=O)N(CC)C3)C2)c1. The molecule has 2 aliphatic heterocycles. The Hall–Kier alpha value is -2.04. The van der Waals surface area contributed by atoms with Crippen molar-refractivity contribution in [2.75, 3.05) is 26.2 Å². The third kappa shape index (κ3) is 3.55. The maximum absolute atomic E-state index is 12.6. The minimum absolute atomic E-state index is 0.0491. The number of benzene rings is 1. The number of ether oxygens (including phenoxy) is 1. The number of hydrogen-bond acceptors (Lipinski definition) is 3. The molecule has 5 nitrogen and oxygen atoms in total. The number of aryl methyl sites for hydroxylation is 1. The van der Waals surface area contributed by atoms with Crippen LogP contribution >= 0.6 is 0 Å². The molecule has 0 N–H and O–H groups in total.